The monoisotopic (exact) mass is 306 g/mol. The molecule has 0 spiro atoms. The number of rotatable bonds is 0. The van der Waals surface area contributed by atoms with Crippen molar-refractivity contribution in [2.45, 2.75) is 12.4 Å². The van der Waals surface area contributed by atoms with Crippen LogP contribution in [0.5, 0.6) is 0 Å². The molecular weight excluding hydrogens is 302 g/mol. The molecule has 0 atom stereocenters. The molecule has 0 amide bonds. The summed E-state index contributed by atoms with van der Waals surface area (Å²) in [5.41, 5.74) is -3.25. The van der Waals surface area contributed by atoms with Gasteiger partial charge in [0.25, 0.3) is 0 Å². The number of allylic oxidation sites excluding steroid dienone is 2. The van der Waals surface area contributed by atoms with Crippen LogP contribution in [0.3, 0.4) is 0 Å². The van der Waals surface area contributed by atoms with Crippen molar-refractivity contribution < 1.29 is 31.1 Å². The van der Waals surface area contributed by atoms with Gasteiger partial charge in [0.15, 0.2) is 6.07 Å². The molecule has 9 heteroatoms. The van der Waals surface area contributed by atoms with Crippen LogP contribution in [0.2, 0.25) is 0 Å². The van der Waals surface area contributed by atoms with Crippen molar-refractivity contribution in [1.82, 2.24) is 0 Å². The number of nitriles is 1. The molecule has 110 valence electrons. The summed E-state index contributed by atoms with van der Waals surface area (Å²) in [6.45, 7) is 0. The molecule has 0 radical (unpaired) electrons. The van der Waals surface area contributed by atoms with Crippen molar-refractivity contribution in [1.29, 1.82) is 5.26 Å². The second-order valence-corrected chi connectivity index (χ2v) is 3.85. The third kappa shape index (κ3) is 2.84. The second kappa shape index (κ2) is 4.80. The first-order valence-corrected chi connectivity index (χ1v) is 5.29. The largest absolute Gasteiger partial charge is 0.450 e. The molecule has 1 aliphatic rings. The molecule has 0 aliphatic carbocycles. The lowest BCUT2D eigenvalue weighted by Crippen LogP contribution is -2.24. The van der Waals surface area contributed by atoms with Gasteiger partial charge in [-0.2, -0.15) is 31.6 Å². The number of alkyl halides is 6. The molecular formula is C12H4F6N2O. The molecule has 0 saturated carbocycles. The van der Waals surface area contributed by atoms with Gasteiger partial charge < -0.3 is 4.74 Å². The molecule has 0 unspecified atom stereocenters. The van der Waals surface area contributed by atoms with Crippen molar-refractivity contribution in [3.63, 3.8) is 0 Å². The summed E-state index contributed by atoms with van der Waals surface area (Å²) in [4.78, 5) is 3.38. The molecule has 1 aromatic rings. The van der Waals surface area contributed by atoms with Crippen LogP contribution in [-0.2, 0) is 4.74 Å². The van der Waals surface area contributed by atoms with E-state index in [2.05, 4.69) is 9.73 Å². The number of fused-ring (bicyclic) bond motifs is 1. The Hall–Kier alpha value is -2.50. The van der Waals surface area contributed by atoms with E-state index in [-0.39, 0.29) is 0 Å². The third-order valence-corrected chi connectivity index (χ3v) is 2.46. The minimum atomic E-state index is -5.43. The molecule has 0 bridgehead atoms. The summed E-state index contributed by atoms with van der Waals surface area (Å²) in [7, 11) is 0. The van der Waals surface area contributed by atoms with Crippen molar-refractivity contribution in [3.8, 4) is 6.07 Å². The number of ether oxygens (including phenoxy) is 1. The van der Waals surface area contributed by atoms with Crippen molar-refractivity contribution in [3.05, 3.63) is 35.6 Å². The smallest absolute Gasteiger partial charge is 0.425 e. The molecule has 1 heterocycles. The highest BCUT2D eigenvalue weighted by molar-refractivity contribution is 5.98. The fraction of sp³-hybridized carbons (Fsp3) is 0.167. The molecule has 0 saturated heterocycles. The van der Waals surface area contributed by atoms with E-state index in [1.165, 1.54) is 12.1 Å². The van der Waals surface area contributed by atoms with Gasteiger partial charge in [-0.15, -0.1) is 0 Å². The standard InChI is InChI=1S/C12H4F6N2O/c13-11(14,15)9-6-3-1-2-4-7(6)20-8(5-19)21-10(9)12(16,17)18/h1-4H. The summed E-state index contributed by atoms with van der Waals surface area (Å²) in [6.07, 6.45) is -10.8. The summed E-state index contributed by atoms with van der Waals surface area (Å²) in [5, 5.41) is 8.64. The number of nitrogens with zero attached hydrogens (tertiary/aromatic N) is 2. The number of aliphatic imine (C=N–C) groups is 1. The number of halogens is 6. The van der Waals surface area contributed by atoms with Crippen LogP contribution in [-0.4, -0.2) is 18.3 Å². The van der Waals surface area contributed by atoms with Gasteiger partial charge in [0.2, 0.25) is 5.76 Å². The summed E-state index contributed by atoms with van der Waals surface area (Å²) >= 11 is 0. The van der Waals surface area contributed by atoms with Gasteiger partial charge in [-0.05, 0) is 6.07 Å². The molecule has 0 aromatic heterocycles. The third-order valence-electron chi connectivity index (χ3n) is 2.46. The van der Waals surface area contributed by atoms with Gasteiger partial charge in [-0.25, -0.2) is 4.99 Å². The Balaban J connectivity index is 2.87. The van der Waals surface area contributed by atoms with E-state index in [1.807, 2.05) is 0 Å². The van der Waals surface area contributed by atoms with Crippen LogP contribution in [0, 0.1) is 11.3 Å². The van der Waals surface area contributed by atoms with Crippen LogP contribution < -0.4 is 0 Å². The van der Waals surface area contributed by atoms with Crippen LogP contribution in [0.25, 0.3) is 5.57 Å². The Bertz CT molecular complexity index is 678. The van der Waals surface area contributed by atoms with Gasteiger partial charge in [-0.1, -0.05) is 18.2 Å². The SMILES string of the molecule is N#CC1=Nc2ccccc2C(C(F)(F)F)=C(C(F)(F)F)O1. The first kappa shape index (κ1) is 14.9. The van der Waals surface area contributed by atoms with Gasteiger partial charge in [0.1, 0.15) is 5.57 Å². The van der Waals surface area contributed by atoms with E-state index >= 15 is 0 Å². The number of hydrogen-bond acceptors (Lipinski definition) is 3. The zero-order valence-electron chi connectivity index (χ0n) is 9.88. The Morgan fingerprint density at radius 1 is 1.00 bits per heavy atom. The number of para-hydroxylation sites is 1. The fourth-order valence-corrected chi connectivity index (χ4v) is 1.71. The quantitative estimate of drug-likeness (QED) is 0.677. The van der Waals surface area contributed by atoms with Gasteiger partial charge in [0, 0.05) is 5.56 Å². The zero-order chi connectivity index (χ0) is 15.8. The molecule has 21 heavy (non-hydrogen) atoms. The summed E-state index contributed by atoms with van der Waals surface area (Å²) < 4.78 is 81.8. The molecule has 1 aromatic carbocycles. The predicted molar refractivity (Wildman–Crippen MR) is 59.3 cm³/mol. The van der Waals surface area contributed by atoms with Crippen LogP contribution in [0.1, 0.15) is 5.56 Å². The Morgan fingerprint density at radius 3 is 2.14 bits per heavy atom. The van der Waals surface area contributed by atoms with Crippen LogP contribution >= 0.6 is 0 Å². The average molecular weight is 306 g/mol. The predicted octanol–water partition coefficient (Wildman–Crippen LogP) is 4.11. The van der Waals surface area contributed by atoms with E-state index in [9.17, 15) is 26.3 Å². The first-order valence-electron chi connectivity index (χ1n) is 5.29. The number of hydrogen-bond donors (Lipinski definition) is 0. The highest BCUT2D eigenvalue weighted by Gasteiger charge is 2.50. The van der Waals surface area contributed by atoms with Gasteiger partial charge in [-0.3, -0.25) is 0 Å². The Kier molecular flexibility index (Phi) is 3.41. The van der Waals surface area contributed by atoms with E-state index in [1.54, 1.807) is 0 Å². The first-order chi connectivity index (χ1) is 9.64. The Labute approximate surface area is 113 Å². The Morgan fingerprint density at radius 2 is 1.62 bits per heavy atom. The lowest BCUT2D eigenvalue weighted by molar-refractivity contribution is -0.125. The van der Waals surface area contributed by atoms with E-state index in [4.69, 9.17) is 5.26 Å². The molecule has 0 N–H and O–H groups in total. The molecule has 0 fully saturated rings. The van der Waals surface area contributed by atoms with E-state index < -0.39 is 40.8 Å². The molecule has 2 rings (SSSR count). The maximum atomic E-state index is 13.0. The van der Waals surface area contributed by atoms with E-state index in [0.717, 1.165) is 18.2 Å². The van der Waals surface area contributed by atoms with Crippen LogP contribution in [0.15, 0.2) is 35.0 Å². The lowest BCUT2D eigenvalue weighted by Gasteiger charge is -2.18. The van der Waals surface area contributed by atoms with Gasteiger partial charge in [0.05, 0.1) is 5.69 Å². The highest BCUT2D eigenvalue weighted by Crippen LogP contribution is 2.46. The average Bonchev–Trinajstić information content (AvgIpc) is 2.53. The van der Waals surface area contributed by atoms with Crippen molar-refractivity contribution >= 4 is 17.2 Å². The topological polar surface area (TPSA) is 45.4 Å². The maximum absolute atomic E-state index is 13.0. The fourth-order valence-electron chi connectivity index (χ4n) is 1.71. The number of benzene rings is 1. The molecule has 3 nitrogen and oxygen atoms in total. The molecule has 1 aliphatic heterocycles. The zero-order valence-corrected chi connectivity index (χ0v) is 9.88. The summed E-state index contributed by atoms with van der Waals surface area (Å²) in [5.74, 6) is -3.42. The van der Waals surface area contributed by atoms with Gasteiger partial charge >= 0.3 is 18.3 Å². The highest BCUT2D eigenvalue weighted by atomic mass is 19.4. The van der Waals surface area contributed by atoms with Crippen molar-refractivity contribution in [2.75, 3.05) is 0 Å². The normalized spacial score (nSPS) is 15.6. The minimum absolute atomic E-state index is 0.430. The van der Waals surface area contributed by atoms with Crippen molar-refractivity contribution in [2.24, 2.45) is 4.99 Å². The minimum Gasteiger partial charge on any atom is -0.425 e. The second-order valence-electron chi connectivity index (χ2n) is 3.85. The lowest BCUT2D eigenvalue weighted by atomic mass is 10.0. The van der Waals surface area contributed by atoms with E-state index in [0.29, 0.717) is 0 Å². The maximum Gasteiger partial charge on any atom is 0.450 e. The van der Waals surface area contributed by atoms with Crippen LogP contribution in [0.4, 0.5) is 32.0 Å². The summed E-state index contributed by atoms with van der Waals surface area (Å²) in [6, 6.07) is 5.48.